The van der Waals surface area contributed by atoms with Crippen molar-refractivity contribution in [3.8, 4) is 5.75 Å². The summed E-state index contributed by atoms with van der Waals surface area (Å²) >= 11 is 0. The first-order valence-electron chi connectivity index (χ1n) is 4.62. The highest BCUT2D eigenvalue weighted by Crippen LogP contribution is 2.16. The zero-order valence-electron chi connectivity index (χ0n) is 8.33. The monoisotopic (exact) mass is 179 g/mol. The van der Waals surface area contributed by atoms with Crippen LogP contribution in [0.25, 0.3) is 0 Å². The molecule has 0 spiro atoms. The number of phenols is 1. The summed E-state index contributed by atoms with van der Waals surface area (Å²) in [5.41, 5.74) is 1.05. The Labute approximate surface area is 79.8 Å². The molecule has 13 heavy (non-hydrogen) atoms. The molecule has 1 N–H and O–H groups in total. The predicted octanol–water partition coefficient (Wildman–Crippen LogP) is 1.89. The Morgan fingerprint density at radius 1 is 1.23 bits per heavy atom. The van der Waals surface area contributed by atoms with Crippen LogP contribution in [0.15, 0.2) is 24.3 Å². The number of rotatable bonds is 4. The molecule has 0 saturated carbocycles. The maximum absolute atomic E-state index is 9.46. The van der Waals surface area contributed by atoms with Gasteiger partial charge in [-0.3, -0.25) is 0 Å². The minimum atomic E-state index is 0.418. The van der Waals surface area contributed by atoms with Gasteiger partial charge in [0.05, 0.1) is 0 Å². The molecular weight excluding hydrogens is 162 g/mol. The van der Waals surface area contributed by atoms with Crippen LogP contribution >= 0.6 is 0 Å². The molecule has 0 aliphatic heterocycles. The molecule has 0 atom stereocenters. The summed E-state index contributed by atoms with van der Waals surface area (Å²) in [6, 6.07) is 7.53. The second kappa shape index (κ2) is 4.87. The zero-order valence-corrected chi connectivity index (χ0v) is 8.33. The van der Waals surface area contributed by atoms with Crippen molar-refractivity contribution in [2.75, 3.05) is 20.6 Å². The van der Waals surface area contributed by atoms with Crippen molar-refractivity contribution in [1.82, 2.24) is 4.90 Å². The molecule has 0 fully saturated rings. The van der Waals surface area contributed by atoms with Gasteiger partial charge >= 0.3 is 0 Å². The highest BCUT2D eigenvalue weighted by atomic mass is 16.3. The van der Waals surface area contributed by atoms with E-state index in [-0.39, 0.29) is 0 Å². The SMILES string of the molecule is CN(C)CCCc1ccccc1O. The molecule has 2 heteroatoms. The Morgan fingerprint density at radius 2 is 1.92 bits per heavy atom. The quantitative estimate of drug-likeness (QED) is 0.763. The van der Waals surface area contributed by atoms with Crippen LogP contribution in [0.2, 0.25) is 0 Å². The van der Waals surface area contributed by atoms with Crippen LogP contribution in [-0.2, 0) is 6.42 Å². The average molecular weight is 179 g/mol. The fourth-order valence-corrected chi connectivity index (χ4v) is 1.31. The molecule has 72 valence electrons. The summed E-state index contributed by atoms with van der Waals surface area (Å²) in [7, 11) is 4.12. The molecule has 0 radical (unpaired) electrons. The summed E-state index contributed by atoms with van der Waals surface area (Å²) < 4.78 is 0. The van der Waals surface area contributed by atoms with Gasteiger partial charge in [0, 0.05) is 0 Å². The van der Waals surface area contributed by atoms with Gasteiger partial charge in [0.2, 0.25) is 0 Å². The number of para-hydroxylation sites is 1. The minimum Gasteiger partial charge on any atom is -0.508 e. The maximum Gasteiger partial charge on any atom is 0.118 e. The van der Waals surface area contributed by atoms with Crippen LogP contribution in [0.3, 0.4) is 0 Å². The minimum absolute atomic E-state index is 0.418. The van der Waals surface area contributed by atoms with E-state index in [1.807, 2.05) is 18.2 Å². The zero-order chi connectivity index (χ0) is 9.68. The van der Waals surface area contributed by atoms with Crippen molar-refractivity contribution in [2.24, 2.45) is 0 Å². The van der Waals surface area contributed by atoms with Crippen molar-refractivity contribution >= 4 is 0 Å². The first-order valence-corrected chi connectivity index (χ1v) is 4.62. The Balaban J connectivity index is 2.41. The fourth-order valence-electron chi connectivity index (χ4n) is 1.31. The Kier molecular flexibility index (Phi) is 3.77. The summed E-state index contributed by atoms with van der Waals surface area (Å²) in [4.78, 5) is 2.15. The normalized spacial score (nSPS) is 10.7. The van der Waals surface area contributed by atoms with Gasteiger partial charge in [-0.25, -0.2) is 0 Å². The Morgan fingerprint density at radius 3 is 2.54 bits per heavy atom. The number of benzene rings is 1. The molecule has 0 aromatic heterocycles. The lowest BCUT2D eigenvalue weighted by Gasteiger charge is -2.09. The largest absolute Gasteiger partial charge is 0.508 e. The molecular formula is C11H17NO. The number of aromatic hydroxyl groups is 1. The third kappa shape index (κ3) is 3.47. The molecule has 0 heterocycles. The molecule has 1 aromatic carbocycles. The Hall–Kier alpha value is -1.02. The second-order valence-corrected chi connectivity index (χ2v) is 3.54. The third-order valence-electron chi connectivity index (χ3n) is 2.04. The molecule has 0 amide bonds. The molecule has 2 nitrogen and oxygen atoms in total. The van der Waals surface area contributed by atoms with E-state index in [0.29, 0.717) is 5.75 Å². The highest BCUT2D eigenvalue weighted by molar-refractivity contribution is 5.31. The standard InChI is InChI=1S/C11H17NO/c1-12(2)9-5-7-10-6-3-4-8-11(10)13/h3-4,6,8,13H,5,7,9H2,1-2H3. The van der Waals surface area contributed by atoms with E-state index in [1.54, 1.807) is 6.07 Å². The van der Waals surface area contributed by atoms with E-state index in [1.165, 1.54) is 0 Å². The van der Waals surface area contributed by atoms with Gasteiger partial charge in [-0.15, -0.1) is 0 Å². The third-order valence-corrected chi connectivity index (χ3v) is 2.04. The Bertz CT molecular complexity index is 258. The van der Waals surface area contributed by atoms with E-state index in [2.05, 4.69) is 19.0 Å². The number of hydrogen-bond acceptors (Lipinski definition) is 2. The summed E-state index contributed by atoms with van der Waals surface area (Å²) in [5.74, 6) is 0.418. The topological polar surface area (TPSA) is 23.5 Å². The van der Waals surface area contributed by atoms with E-state index in [4.69, 9.17) is 0 Å². The molecule has 0 aliphatic rings. The fraction of sp³-hybridized carbons (Fsp3) is 0.455. The maximum atomic E-state index is 9.46. The van der Waals surface area contributed by atoms with Gasteiger partial charge in [0.15, 0.2) is 0 Å². The van der Waals surface area contributed by atoms with E-state index >= 15 is 0 Å². The van der Waals surface area contributed by atoms with Crippen molar-refractivity contribution in [3.05, 3.63) is 29.8 Å². The van der Waals surface area contributed by atoms with Gasteiger partial charge in [-0.05, 0) is 45.1 Å². The summed E-state index contributed by atoms with van der Waals surface area (Å²) in [5, 5.41) is 9.46. The number of hydrogen-bond donors (Lipinski definition) is 1. The molecule has 1 rings (SSSR count). The molecule has 0 aliphatic carbocycles. The molecule has 0 saturated heterocycles. The second-order valence-electron chi connectivity index (χ2n) is 3.54. The average Bonchev–Trinajstić information content (AvgIpc) is 2.08. The van der Waals surface area contributed by atoms with E-state index < -0.39 is 0 Å². The lowest BCUT2D eigenvalue weighted by molar-refractivity contribution is 0.397. The van der Waals surface area contributed by atoms with Crippen LogP contribution in [-0.4, -0.2) is 30.6 Å². The van der Waals surface area contributed by atoms with Crippen LogP contribution in [0.1, 0.15) is 12.0 Å². The smallest absolute Gasteiger partial charge is 0.118 e. The predicted molar refractivity (Wildman–Crippen MR) is 55.0 cm³/mol. The molecule has 0 unspecified atom stereocenters. The summed E-state index contributed by atoms with van der Waals surface area (Å²) in [6.07, 6.45) is 2.04. The van der Waals surface area contributed by atoms with Crippen LogP contribution in [0.5, 0.6) is 5.75 Å². The van der Waals surface area contributed by atoms with Crippen LogP contribution < -0.4 is 0 Å². The van der Waals surface area contributed by atoms with Gasteiger partial charge in [-0.2, -0.15) is 0 Å². The number of phenolic OH excluding ortho intramolecular Hbond substituents is 1. The van der Waals surface area contributed by atoms with Crippen molar-refractivity contribution < 1.29 is 5.11 Å². The van der Waals surface area contributed by atoms with Gasteiger partial charge in [0.1, 0.15) is 5.75 Å². The van der Waals surface area contributed by atoms with Crippen molar-refractivity contribution in [1.29, 1.82) is 0 Å². The lowest BCUT2D eigenvalue weighted by atomic mass is 10.1. The van der Waals surface area contributed by atoms with Crippen LogP contribution in [0.4, 0.5) is 0 Å². The van der Waals surface area contributed by atoms with E-state index in [9.17, 15) is 5.11 Å². The van der Waals surface area contributed by atoms with Crippen molar-refractivity contribution in [2.45, 2.75) is 12.8 Å². The van der Waals surface area contributed by atoms with Crippen LogP contribution in [0, 0.1) is 0 Å². The lowest BCUT2D eigenvalue weighted by Crippen LogP contribution is -2.13. The first kappa shape index (κ1) is 10.1. The molecule has 0 bridgehead atoms. The number of aryl methyl sites for hydroxylation is 1. The van der Waals surface area contributed by atoms with Gasteiger partial charge in [-0.1, -0.05) is 18.2 Å². The van der Waals surface area contributed by atoms with E-state index in [0.717, 1.165) is 24.9 Å². The van der Waals surface area contributed by atoms with Crippen molar-refractivity contribution in [3.63, 3.8) is 0 Å². The molecule has 1 aromatic rings. The summed E-state index contributed by atoms with van der Waals surface area (Å²) in [6.45, 7) is 1.06. The van der Waals surface area contributed by atoms with Gasteiger partial charge < -0.3 is 10.0 Å². The first-order chi connectivity index (χ1) is 6.20. The highest BCUT2D eigenvalue weighted by Gasteiger charge is 1.98. The number of nitrogens with zero attached hydrogens (tertiary/aromatic N) is 1. The van der Waals surface area contributed by atoms with Gasteiger partial charge in [0.25, 0.3) is 0 Å².